The molecule has 0 saturated carbocycles. The summed E-state index contributed by atoms with van der Waals surface area (Å²) in [5.74, 6) is -0.581. The topological polar surface area (TPSA) is 92.2 Å². The summed E-state index contributed by atoms with van der Waals surface area (Å²) in [7, 11) is -3.36. The summed E-state index contributed by atoms with van der Waals surface area (Å²) >= 11 is 0. The van der Waals surface area contributed by atoms with Gasteiger partial charge in [-0.1, -0.05) is 0 Å². The highest BCUT2D eigenvalue weighted by molar-refractivity contribution is 7.92. The Labute approximate surface area is 103 Å². The molecular weight excluding hydrogens is 256 g/mol. The molecule has 2 N–H and O–H groups in total. The van der Waals surface area contributed by atoms with E-state index in [2.05, 4.69) is 10.3 Å². The Morgan fingerprint density at radius 2 is 2.17 bits per heavy atom. The van der Waals surface area contributed by atoms with E-state index in [9.17, 15) is 13.2 Å². The highest BCUT2D eigenvalue weighted by Gasteiger charge is 2.30. The number of H-pyrrole nitrogens is 1. The largest absolute Gasteiger partial charge is 0.417 e. The summed E-state index contributed by atoms with van der Waals surface area (Å²) in [6, 6.07) is 4.46. The molecule has 0 radical (unpaired) electrons. The minimum Gasteiger partial charge on any atom is -0.408 e. The summed E-state index contributed by atoms with van der Waals surface area (Å²) in [5, 5.41) is 2.63. The lowest BCUT2D eigenvalue weighted by Crippen LogP contribution is -2.23. The standard InChI is InChI=1S/C11H12N2O4S/c14-11-13-9-2-1-7(5-10(9)17-11)18(15,16)8-3-4-12-6-8/h1-2,5,8,12H,3-4,6H2,(H,13,14). The molecule has 1 aromatic carbocycles. The summed E-state index contributed by atoms with van der Waals surface area (Å²) in [6.45, 7) is 1.18. The zero-order valence-electron chi connectivity index (χ0n) is 9.47. The molecule has 0 amide bonds. The van der Waals surface area contributed by atoms with Gasteiger partial charge in [0.25, 0.3) is 0 Å². The highest BCUT2D eigenvalue weighted by Crippen LogP contribution is 2.23. The van der Waals surface area contributed by atoms with Gasteiger partial charge in [0, 0.05) is 12.6 Å². The van der Waals surface area contributed by atoms with Gasteiger partial charge in [0.1, 0.15) is 0 Å². The molecule has 2 aromatic rings. The number of aromatic amines is 1. The first-order valence-corrected chi connectivity index (χ1v) is 7.19. The second-order valence-electron chi connectivity index (χ2n) is 4.33. The highest BCUT2D eigenvalue weighted by atomic mass is 32.2. The van der Waals surface area contributed by atoms with E-state index in [1.165, 1.54) is 12.1 Å². The molecule has 1 saturated heterocycles. The van der Waals surface area contributed by atoms with E-state index in [0.717, 1.165) is 0 Å². The van der Waals surface area contributed by atoms with Crippen molar-refractivity contribution < 1.29 is 12.8 Å². The minimum absolute atomic E-state index is 0.200. The monoisotopic (exact) mass is 268 g/mol. The van der Waals surface area contributed by atoms with Gasteiger partial charge < -0.3 is 9.73 Å². The van der Waals surface area contributed by atoms with Crippen molar-refractivity contribution in [2.24, 2.45) is 0 Å². The van der Waals surface area contributed by atoms with Gasteiger partial charge in [-0.3, -0.25) is 4.98 Å². The molecule has 0 aliphatic carbocycles. The van der Waals surface area contributed by atoms with E-state index in [-0.39, 0.29) is 10.5 Å². The fraction of sp³-hybridized carbons (Fsp3) is 0.364. The first-order valence-electron chi connectivity index (χ1n) is 5.65. The van der Waals surface area contributed by atoms with Crippen molar-refractivity contribution in [2.45, 2.75) is 16.6 Å². The normalized spacial score (nSPS) is 20.6. The van der Waals surface area contributed by atoms with Gasteiger partial charge in [-0.25, -0.2) is 13.2 Å². The van der Waals surface area contributed by atoms with Crippen molar-refractivity contribution in [2.75, 3.05) is 13.1 Å². The second-order valence-corrected chi connectivity index (χ2v) is 6.56. The molecular formula is C11H12N2O4S. The van der Waals surface area contributed by atoms with Crippen LogP contribution < -0.4 is 11.1 Å². The van der Waals surface area contributed by atoms with E-state index in [1.54, 1.807) is 6.07 Å². The molecule has 1 aromatic heterocycles. The quantitative estimate of drug-likeness (QED) is 0.815. The molecule has 7 heteroatoms. The Morgan fingerprint density at radius 3 is 2.89 bits per heavy atom. The van der Waals surface area contributed by atoms with Crippen LogP contribution in [0.25, 0.3) is 11.1 Å². The van der Waals surface area contributed by atoms with Gasteiger partial charge in [0.05, 0.1) is 15.7 Å². The van der Waals surface area contributed by atoms with Crippen LogP contribution in [0.1, 0.15) is 6.42 Å². The van der Waals surface area contributed by atoms with Crippen molar-refractivity contribution in [3.05, 3.63) is 28.7 Å². The predicted molar refractivity (Wildman–Crippen MR) is 65.3 cm³/mol. The first kappa shape index (κ1) is 11.5. The molecule has 2 heterocycles. The van der Waals surface area contributed by atoms with Gasteiger partial charge in [0.2, 0.25) is 0 Å². The molecule has 1 unspecified atom stereocenters. The number of hydrogen-bond donors (Lipinski definition) is 2. The van der Waals surface area contributed by atoms with Crippen molar-refractivity contribution in [3.8, 4) is 0 Å². The molecule has 1 atom stereocenters. The molecule has 1 aliphatic heterocycles. The number of oxazole rings is 1. The third kappa shape index (κ3) is 1.75. The van der Waals surface area contributed by atoms with E-state index in [1.807, 2.05) is 0 Å². The predicted octanol–water partition coefficient (Wildman–Crippen LogP) is 0.257. The number of fused-ring (bicyclic) bond motifs is 1. The molecule has 1 aliphatic rings. The van der Waals surface area contributed by atoms with Crippen LogP contribution >= 0.6 is 0 Å². The summed E-state index contributed by atoms with van der Waals surface area (Å²) in [5.41, 5.74) is 0.774. The third-order valence-corrected chi connectivity index (χ3v) is 5.37. The number of nitrogens with one attached hydrogen (secondary N) is 2. The van der Waals surface area contributed by atoms with E-state index < -0.39 is 20.8 Å². The average molecular weight is 268 g/mol. The molecule has 0 bridgehead atoms. The van der Waals surface area contributed by atoms with E-state index >= 15 is 0 Å². The zero-order chi connectivity index (χ0) is 12.8. The molecule has 6 nitrogen and oxygen atoms in total. The Balaban J connectivity index is 2.10. The second kappa shape index (κ2) is 3.96. The molecule has 3 rings (SSSR count). The van der Waals surface area contributed by atoms with Gasteiger partial charge in [0.15, 0.2) is 15.4 Å². The number of benzene rings is 1. The number of rotatable bonds is 2. The number of hydrogen-bond acceptors (Lipinski definition) is 5. The average Bonchev–Trinajstić information content (AvgIpc) is 2.95. The Morgan fingerprint density at radius 1 is 1.33 bits per heavy atom. The van der Waals surface area contributed by atoms with Crippen LogP contribution in [0.5, 0.6) is 0 Å². The van der Waals surface area contributed by atoms with Crippen molar-refractivity contribution >= 4 is 20.9 Å². The van der Waals surface area contributed by atoms with Crippen LogP contribution in [0, 0.1) is 0 Å². The van der Waals surface area contributed by atoms with Crippen LogP contribution in [-0.4, -0.2) is 31.7 Å². The molecule has 18 heavy (non-hydrogen) atoms. The Hall–Kier alpha value is -1.60. The van der Waals surface area contributed by atoms with Gasteiger partial charge in [-0.2, -0.15) is 0 Å². The van der Waals surface area contributed by atoms with Crippen LogP contribution in [0.4, 0.5) is 0 Å². The smallest absolute Gasteiger partial charge is 0.408 e. The van der Waals surface area contributed by atoms with Crippen LogP contribution in [0.3, 0.4) is 0 Å². The lowest BCUT2D eigenvalue weighted by molar-refractivity contribution is 0.553. The maximum Gasteiger partial charge on any atom is 0.417 e. The summed E-state index contributed by atoms with van der Waals surface area (Å²) < 4.78 is 29.5. The van der Waals surface area contributed by atoms with Crippen LogP contribution in [-0.2, 0) is 9.84 Å². The maximum absolute atomic E-state index is 12.3. The fourth-order valence-corrected chi connectivity index (χ4v) is 3.87. The lowest BCUT2D eigenvalue weighted by atomic mass is 10.3. The minimum atomic E-state index is -3.36. The van der Waals surface area contributed by atoms with Crippen molar-refractivity contribution in [3.63, 3.8) is 0 Å². The SMILES string of the molecule is O=c1[nH]c2ccc(S(=O)(=O)C3CCNC3)cc2o1. The lowest BCUT2D eigenvalue weighted by Gasteiger charge is -2.09. The van der Waals surface area contributed by atoms with Gasteiger partial charge >= 0.3 is 5.76 Å². The first-order chi connectivity index (χ1) is 8.57. The maximum atomic E-state index is 12.3. The summed E-state index contributed by atoms with van der Waals surface area (Å²) in [4.78, 5) is 13.7. The number of sulfone groups is 1. The molecule has 1 fully saturated rings. The van der Waals surface area contributed by atoms with Crippen molar-refractivity contribution in [1.29, 1.82) is 0 Å². The van der Waals surface area contributed by atoms with Crippen LogP contribution in [0.2, 0.25) is 0 Å². The number of aromatic nitrogens is 1. The molecule has 0 spiro atoms. The van der Waals surface area contributed by atoms with Gasteiger partial charge in [-0.05, 0) is 25.1 Å². The van der Waals surface area contributed by atoms with Crippen molar-refractivity contribution in [1.82, 2.24) is 10.3 Å². The van der Waals surface area contributed by atoms with Crippen LogP contribution in [0.15, 0.2) is 32.3 Å². The van der Waals surface area contributed by atoms with E-state index in [4.69, 9.17) is 4.42 Å². The molecule has 96 valence electrons. The Bertz CT molecular complexity index is 738. The fourth-order valence-electron chi connectivity index (χ4n) is 2.19. The van der Waals surface area contributed by atoms with Gasteiger partial charge in [-0.15, -0.1) is 0 Å². The Kier molecular flexibility index (Phi) is 2.53. The zero-order valence-corrected chi connectivity index (χ0v) is 10.3. The summed E-state index contributed by atoms with van der Waals surface area (Å²) in [6.07, 6.45) is 0.609. The van der Waals surface area contributed by atoms with E-state index in [0.29, 0.717) is 25.0 Å². The third-order valence-electron chi connectivity index (χ3n) is 3.17.